The average molecular weight is 240 g/mol. The minimum Gasteiger partial charge on any atom is -0.356 e. The molecule has 1 heterocycles. The number of hydrogen-bond donors (Lipinski definition) is 1. The lowest BCUT2D eigenvalue weighted by molar-refractivity contribution is -0.118. The highest BCUT2D eigenvalue weighted by atomic mass is 16.1. The molecule has 0 aliphatic heterocycles. The van der Waals surface area contributed by atoms with Crippen LogP contribution in [0.1, 0.15) is 18.9 Å². The average Bonchev–Trinajstić information content (AvgIpc) is 2.38. The molecule has 0 aliphatic rings. The van der Waals surface area contributed by atoms with Crippen LogP contribution in [0, 0.1) is 0 Å². The monoisotopic (exact) mass is 240 g/mol. The van der Waals surface area contributed by atoms with Gasteiger partial charge in [0.15, 0.2) is 0 Å². The molecule has 2 aromatic rings. The van der Waals surface area contributed by atoms with Gasteiger partial charge in [0.2, 0.25) is 5.91 Å². The van der Waals surface area contributed by atoms with Gasteiger partial charge in [0.25, 0.3) is 0 Å². The summed E-state index contributed by atoms with van der Waals surface area (Å²) in [6.45, 7) is 2.20. The van der Waals surface area contributed by atoms with Crippen molar-refractivity contribution >= 4 is 22.9 Å². The van der Waals surface area contributed by atoms with Gasteiger partial charge in [0, 0.05) is 25.1 Å². The van der Waals surface area contributed by atoms with Crippen molar-refractivity contribution in [3.05, 3.63) is 48.2 Å². The van der Waals surface area contributed by atoms with Gasteiger partial charge in [0.1, 0.15) is 0 Å². The fourth-order valence-electron chi connectivity index (χ4n) is 1.74. The lowest BCUT2D eigenvalue weighted by atomic mass is 10.1. The molecule has 0 saturated heterocycles. The third-order valence-corrected chi connectivity index (χ3v) is 2.63. The minimum atomic E-state index is 0.0123. The third-order valence-electron chi connectivity index (χ3n) is 2.63. The third kappa shape index (κ3) is 3.42. The Morgan fingerprint density at radius 1 is 1.39 bits per heavy atom. The van der Waals surface area contributed by atoms with E-state index in [1.165, 1.54) is 6.92 Å². The summed E-state index contributed by atoms with van der Waals surface area (Å²) in [7, 11) is 0. The van der Waals surface area contributed by atoms with Crippen molar-refractivity contribution in [1.82, 2.24) is 10.3 Å². The van der Waals surface area contributed by atoms with E-state index < -0.39 is 0 Å². The van der Waals surface area contributed by atoms with Gasteiger partial charge in [-0.05, 0) is 24.1 Å². The predicted octanol–water partition coefficient (Wildman–Crippen LogP) is 2.77. The fourth-order valence-corrected chi connectivity index (χ4v) is 1.74. The van der Waals surface area contributed by atoms with Crippen molar-refractivity contribution in [2.24, 2.45) is 0 Å². The molecule has 1 aromatic carbocycles. The van der Waals surface area contributed by atoms with E-state index in [2.05, 4.69) is 40.7 Å². The van der Waals surface area contributed by atoms with E-state index in [1.54, 1.807) is 6.20 Å². The first-order valence-electron chi connectivity index (χ1n) is 6.01. The quantitative estimate of drug-likeness (QED) is 0.835. The molecule has 3 heteroatoms. The molecule has 1 N–H and O–H groups in total. The van der Waals surface area contributed by atoms with Gasteiger partial charge in [-0.1, -0.05) is 30.4 Å². The summed E-state index contributed by atoms with van der Waals surface area (Å²) in [5.41, 5.74) is 2.13. The van der Waals surface area contributed by atoms with Gasteiger partial charge in [-0.25, -0.2) is 0 Å². The molecule has 0 radical (unpaired) electrons. The molecule has 0 saturated carbocycles. The number of fused-ring (bicyclic) bond motifs is 1. The normalized spacial score (nSPS) is 10.9. The van der Waals surface area contributed by atoms with Crippen molar-refractivity contribution in [1.29, 1.82) is 0 Å². The number of nitrogens with zero attached hydrogens (tertiary/aromatic N) is 1. The van der Waals surface area contributed by atoms with Crippen LogP contribution in [-0.2, 0) is 4.79 Å². The number of hydrogen-bond acceptors (Lipinski definition) is 2. The van der Waals surface area contributed by atoms with Crippen molar-refractivity contribution < 1.29 is 4.79 Å². The van der Waals surface area contributed by atoms with Gasteiger partial charge >= 0.3 is 0 Å². The zero-order valence-corrected chi connectivity index (χ0v) is 10.4. The first kappa shape index (κ1) is 12.3. The molecule has 0 spiro atoms. The van der Waals surface area contributed by atoms with Crippen LogP contribution in [0.3, 0.4) is 0 Å². The molecule has 92 valence electrons. The van der Waals surface area contributed by atoms with Crippen LogP contribution in [0.4, 0.5) is 0 Å². The molecule has 0 fully saturated rings. The molecule has 1 aromatic heterocycles. The van der Waals surface area contributed by atoms with Crippen molar-refractivity contribution in [2.75, 3.05) is 6.54 Å². The van der Waals surface area contributed by atoms with E-state index in [4.69, 9.17) is 0 Å². The second-order valence-corrected chi connectivity index (χ2v) is 4.13. The maximum absolute atomic E-state index is 10.7. The molecule has 0 atom stereocenters. The maximum Gasteiger partial charge on any atom is 0.216 e. The first-order chi connectivity index (χ1) is 8.75. The Kier molecular flexibility index (Phi) is 4.07. The van der Waals surface area contributed by atoms with E-state index in [0.717, 1.165) is 22.9 Å². The summed E-state index contributed by atoms with van der Waals surface area (Å²) >= 11 is 0. The number of benzene rings is 1. The predicted molar refractivity (Wildman–Crippen MR) is 74.1 cm³/mol. The second kappa shape index (κ2) is 5.96. The molecular weight excluding hydrogens is 224 g/mol. The highest BCUT2D eigenvalue weighted by Gasteiger charge is 1.94. The standard InChI is InChI=1S/C15H16N2O/c1-12(18)16-9-3-2-5-13-7-8-14-6-4-10-17-15(14)11-13/h2,4-8,10-11H,3,9H2,1H3,(H,16,18). The van der Waals surface area contributed by atoms with Crippen molar-refractivity contribution in [3.8, 4) is 0 Å². The SMILES string of the molecule is CC(=O)NCCC=Cc1ccc2cccnc2c1. The number of nitrogens with one attached hydrogen (secondary N) is 1. The zero-order chi connectivity index (χ0) is 12.8. The van der Waals surface area contributed by atoms with Gasteiger partial charge in [-0.2, -0.15) is 0 Å². The lowest BCUT2D eigenvalue weighted by Gasteiger charge is -1.99. The molecule has 2 rings (SSSR count). The maximum atomic E-state index is 10.7. The fraction of sp³-hybridized carbons (Fsp3) is 0.200. The number of carbonyl (C=O) groups is 1. The van der Waals surface area contributed by atoms with Crippen molar-refractivity contribution in [2.45, 2.75) is 13.3 Å². The summed E-state index contributed by atoms with van der Waals surface area (Å²) in [4.78, 5) is 15.0. The Labute approximate surface area is 107 Å². The van der Waals surface area contributed by atoms with Crippen LogP contribution in [0.2, 0.25) is 0 Å². The summed E-state index contributed by atoms with van der Waals surface area (Å²) in [5.74, 6) is 0.0123. The first-order valence-corrected chi connectivity index (χ1v) is 6.01. The molecular formula is C15H16N2O. The summed E-state index contributed by atoms with van der Waals surface area (Å²) in [5, 5.41) is 3.91. The summed E-state index contributed by atoms with van der Waals surface area (Å²) < 4.78 is 0. The molecule has 0 bridgehead atoms. The van der Waals surface area contributed by atoms with E-state index in [1.807, 2.05) is 12.1 Å². The smallest absolute Gasteiger partial charge is 0.216 e. The van der Waals surface area contributed by atoms with Crippen molar-refractivity contribution in [3.63, 3.8) is 0 Å². The van der Waals surface area contributed by atoms with Crippen LogP contribution >= 0.6 is 0 Å². The summed E-state index contributed by atoms with van der Waals surface area (Å²) in [6, 6.07) is 10.2. The van der Waals surface area contributed by atoms with Gasteiger partial charge in [-0.15, -0.1) is 0 Å². The Morgan fingerprint density at radius 3 is 3.11 bits per heavy atom. The summed E-state index contributed by atoms with van der Waals surface area (Å²) in [6.07, 6.45) is 6.74. The largest absolute Gasteiger partial charge is 0.356 e. The number of carbonyl (C=O) groups excluding carboxylic acids is 1. The Bertz CT molecular complexity index is 575. The zero-order valence-electron chi connectivity index (χ0n) is 10.4. The highest BCUT2D eigenvalue weighted by molar-refractivity contribution is 5.80. The second-order valence-electron chi connectivity index (χ2n) is 4.13. The number of aromatic nitrogens is 1. The molecule has 3 nitrogen and oxygen atoms in total. The number of pyridine rings is 1. The van der Waals surface area contributed by atoms with Crippen LogP contribution in [-0.4, -0.2) is 17.4 Å². The van der Waals surface area contributed by atoms with Crippen LogP contribution in [0.25, 0.3) is 17.0 Å². The van der Waals surface area contributed by atoms with Gasteiger partial charge < -0.3 is 5.32 Å². The van der Waals surface area contributed by atoms with Crippen LogP contribution in [0.5, 0.6) is 0 Å². The molecule has 0 aliphatic carbocycles. The number of amides is 1. The van der Waals surface area contributed by atoms with E-state index >= 15 is 0 Å². The minimum absolute atomic E-state index is 0.0123. The molecule has 18 heavy (non-hydrogen) atoms. The highest BCUT2D eigenvalue weighted by Crippen LogP contribution is 2.14. The van der Waals surface area contributed by atoms with Crippen LogP contribution < -0.4 is 5.32 Å². The van der Waals surface area contributed by atoms with E-state index in [-0.39, 0.29) is 5.91 Å². The lowest BCUT2D eigenvalue weighted by Crippen LogP contribution is -2.20. The van der Waals surface area contributed by atoms with Gasteiger partial charge in [-0.3, -0.25) is 9.78 Å². The Hall–Kier alpha value is -2.16. The molecule has 0 unspecified atom stereocenters. The Morgan fingerprint density at radius 2 is 2.28 bits per heavy atom. The van der Waals surface area contributed by atoms with Gasteiger partial charge in [0.05, 0.1) is 5.52 Å². The Balaban J connectivity index is 1.99. The van der Waals surface area contributed by atoms with E-state index in [0.29, 0.717) is 6.54 Å². The number of rotatable bonds is 4. The van der Waals surface area contributed by atoms with E-state index in [9.17, 15) is 4.79 Å². The molecule has 1 amide bonds. The van der Waals surface area contributed by atoms with Crippen LogP contribution in [0.15, 0.2) is 42.6 Å². The topological polar surface area (TPSA) is 42.0 Å².